The molecule has 0 aliphatic carbocycles. The highest BCUT2D eigenvalue weighted by Gasteiger charge is 2.08. The topological polar surface area (TPSA) is 29.5 Å². The zero-order valence-corrected chi connectivity index (χ0v) is 11.6. The second-order valence-electron chi connectivity index (χ2n) is 4.10. The van der Waals surface area contributed by atoms with Gasteiger partial charge in [-0.2, -0.15) is 0 Å². The van der Waals surface area contributed by atoms with Crippen LogP contribution in [0.5, 0.6) is 5.75 Å². The fourth-order valence-electron chi connectivity index (χ4n) is 1.68. The summed E-state index contributed by atoms with van der Waals surface area (Å²) in [7, 11) is 0. The number of hydrogen-bond acceptors (Lipinski definition) is 2. The zero-order chi connectivity index (χ0) is 15.2. The first-order valence-electron chi connectivity index (χ1n) is 6.07. The average molecular weight is 309 g/mol. The van der Waals surface area contributed by atoms with Gasteiger partial charge in [-0.3, -0.25) is 0 Å². The molecule has 0 bridgehead atoms. The van der Waals surface area contributed by atoms with E-state index in [9.17, 15) is 8.78 Å². The molecule has 0 spiro atoms. The third kappa shape index (κ3) is 3.94. The Labute approximate surface area is 125 Å². The van der Waals surface area contributed by atoms with Gasteiger partial charge in [0.15, 0.2) is 0 Å². The fourth-order valence-corrected chi connectivity index (χ4v) is 1.86. The molecule has 0 heterocycles. The maximum absolute atomic E-state index is 13.3. The Balaban J connectivity index is 2.22. The van der Waals surface area contributed by atoms with Gasteiger partial charge in [0.25, 0.3) is 0 Å². The minimum absolute atomic E-state index is 0.0115. The molecular weight excluding hydrogens is 298 g/mol. The SMILES string of the molecule is OCC#Cc1cc(F)ccc1OCc1cccc(F)c1Cl. The largest absolute Gasteiger partial charge is 0.488 e. The molecule has 0 unspecified atom stereocenters. The standard InChI is InChI=1S/C16H11ClF2O2/c17-16-12(3-1-5-14(16)19)10-21-15-7-6-13(18)9-11(15)4-2-8-20/h1,3,5-7,9,20H,8,10H2. The third-order valence-corrected chi connectivity index (χ3v) is 3.08. The minimum atomic E-state index is -0.530. The zero-order valence-electron chi connectivity index (χ0n) is 10.9. The van der Waals surface area contributed by atoms with Crippen LogP contribution in [0.15, 0.2) is 36.4 Å². The van der Waals surface area contributed by atoms with Crippen molar-refractivity contribution < 1.29 is 18.6 Å². The van der Waals surface area contributed by atoms with Gasteiger partial charge in [0.2, 0.25) is 0 Å². The summed E-state index contributed by atoms with van der Waals surface area (Å²) in [6.07, 6.45) is 0. The Morgan fingerprint density at radius 1 is 1.19 bits per heavy atom. The van der Waals surface area contributed by atoms with Crippen LogP contribution in [0, 0.1) is 23.5 Å². The predicted octanol–water partition coefficient (Wildman–Crippen LogP) is 3.54. The lowest BCUT2D eigenvalue weighted by Crippen LogP contribution is -1.99. The van der Waals surface area contributed by atoms with Crippen LogP contribution in [0.25, 0.3) is 0 Å². The van der Waals surface area contributed by atoms with Crippen LogP contribution in [0.4, 0.5) is 8.78 Å². The molecule has 0 aliphatic heterocycles. The molecule has 0 aliphatic rings. The lowest BCUT2D eigenvalue weighted by atomic mass is 10.2. The van der Waals surface area contributed by atoms with Crippen LogP contribution in [0.3, 0.4) is 0 Å². The van der Waals surface area contributed by atoms with E-state index >= 15 is 0 Å². The summed E-state index contributed by atoms with van der Waals surface area (Å²) in [6, 6.07) is 8.26. The van der Waals surface area contributed by atoms with E-state index in [2.05, 4.69) is 11.8 Å². The molecule has 2 rings (SSSR count). The Morgan fingerprint density at radius 2 is 2.00 bits per heavy atom. The van der Waals surface area contributed by atoms with E-state index in [0.29, 0.717) is 16.9 Å². The third-order valence-electron chi connectivity index (χ3n) is 2.66. The highest BCUT2D eigenvalue weighted by molar-refractivity contribution is 6.31. The van der Waals surface area contributed by atoms with Crippen molar-refractivity contribution in [2.75, 3.05) is 6.61 Å². The van der Waals surface area contributed by atoms with Crippen molar-refractivity contribution in [3.05, 3.63) is 64.2 Å². The molecule has 108 valence electrons. The van der Waals surface area contributed by atoms with Gasteiger partial charge in [-0.1, -0.05) is 35.6 Å². The first-order valence-corrected chi connectivity index (χ1v) is 6.44. The molecule has 2 aromatic carbocycles. The predicted molar refractivity (Wildman–Crippen MR) is 76.1 cm³/mol. The molecule has 0 saturated heterocycles. The molecular formula is C16H11ClF2O2. The van der Waals surface area contributed by atoms with Crippen LogP contribution < -0.4 is 4.74 Å². The highest BCUT2D eigenvalue weighted by Crippen LogP contribution is 2.24. The molecule has 1 N–H and O–H groups in total. The van der Waals surface area contributed by atoms with Crippen LogP contribution in [-0.4, -0.2) is 11.7 Å². The smallest absolute Gasteiger partial charge is 0.142 e. The molecule has 0 atom stereocenters. The fraction of sp³-hybridized carbons (Fsp3) is 0.125. The van der Waals surface area contributed by atoms with E-state index in [1.807, 2.05) is 0 Å². The first-order chi connectivity index (χ1) is 10.1. The van der Waals surface area contributed by atoms with Gasteiger partial charge in [0.05, 0.1) is 10.6 Å². The summed E-state index contributed by atoms with van der Waals surface area (Å²) in [6.45, 7) is -0.318. The summed E-state index contributed by atoms with van der Waals surface area (Å²) < 4.78 is 32.0. The van der Waals surface area contributed by atoms with Crippen molar-refractivity contribution in [2.45, 2.75) is 6.61 Å². The highest BCUT2D eigenvalue weighted by atomic mass is 35.5. The van der Waals surface area contributed by atoms with E-state index in [0.717, 1.165) is 0 Å². The second kappa shape index (κ2) is 7.07. The number of benzene rings is 2. The summed E-state index contributed by atoms with van der Waals surface area (Å²) in [5.41, 5.74) is 0.777. The van der Waals surface area contributed by atoms with Crippen molar-refractivity contribution in [1.82, 2.24) is 0 Å². The van der Waals surface area contributed by atoms with Crippen LogP contribution >= 0.6 is 11.6 Å². The molecule has 0 amide bonds. The molecule has 5 heteroatoms. The number of hydrogen-bond donors (Lipinski definition) is 1. The van der Waals surface area contributed by atoms with Gasteiger partial charge in [-0.15, -0.1) is 0 Å². The quantitative estimate of drug-likeness (QED) is 0.879. The molecule has 21 heavy (non-hydrogen) atoms. The van der Waals surface area contributed by atoms with Gasteiger partial charge in [0.1, 0.15) is 30.6 Å². The van der Waals surface area contributed by atoms with Gasteiger partial charge in [0, 0.05) is 5.56 Å². The van der Waals surface area contributed by atoms with Crippen molar-refractivity contribution in [3.63, 3.8) is 0 Å². The lowest BCUT2D eigenvalue weighted by Gasteiger charge is -2.10. The Bertz CT molecular complexity index is 705. The van der Waals surface area contributed by atoms with Crippen molar-refractivity contribution in [3.8, 4) is 17.6 Å². The van der Waals surface area contributed by atoms with E-state index in [1.165, 1.54) is 30.3 Å². The number of aliphatic hydroxyl groups is 1. The Hall–Kier alpha value is -2.09. The molecule has 2 aromatic rings. The van der Waals surface area contributed by atoms with Crippen molar-refractivity contribution in [2.24, 2.45) is 0 Å². The van der Waals surface area contributed by atoms with Crippen LogP contribution in [0.2, 0.25) is 5.02 Å². The Morgan fingerprint density at radius 3 is 2.76 bits per heavy atom. The minimum Gasteiger partial charge on any atom is -0.488 e. The summed E-state index contributed by atoms with van der Waals surface area (Å²) >= 11 is 5.83. The van der Waals surface area contributed by atoms with Gasteiger partial charge < -0.3 is 9.84 Å². The molecule has 0 aromatic heterocycles. The first kappa shape index (κ1) is 15.3. The number of aliphatic hydroxyl groups excluding tert-OH is 1. The normalized spacial score (nSPS) is 9.90. The second-order valence-corrected chi connectivity index (χ2v) is 4.48. The van der Waals surface area contributed by atoms with Crippen molar-refractivity contribution >= 4 is 11.6 Å². The molecule has 2 nitrogen and oxygen atoms in total. The monoisotopic (exact) mass is 308 g/mol. The molecule has 0 saturated carbocycles. The van der Waals surface area contributed by atoms with E-state index < -0.39 is 11.6 Å². The van der Waals surface area contributed by atoms with E-state index in [-0.39, 0.29) is 18.2 Å². The van der Waals surface area contributed by atoms with Crippen LogP contribution in [0.1, 0.15) is 11.1 Å². The maximum atomic E-state index is 13.3. The van der Waals surface area contributed by atoms with Gasteiger partial charge in [-0.25, -0.2) is 8.78 Å². The summed E-state index contributed by atoms with van der Waals surface area (Å²) in [4.78, 5) is 0. The van der Waals surface area contributed by atoms with Crippen LogP contribution in [-0.2, 0) is 6.61 Å². The number of ether oxygens (including phenoxy) is 1. The molecule has 0 fully saturated rings. The summed E-state index contributed by atoms with van der Waals surface area (Å²) in [5.74, 6) is 4.35. The van der Waals surface area contributed by atoms with E-state index in [1.54, 1.807) is 6.07 Å². The van der Waals surface area contributed by atoms with Crippen molar-refractivity contribution in [1.29, 1.82) is 0 Å². The Kier molecular flexibility index (Phi) is 5.15. The summed E-state index contributed by atoms with van der Waals surface area (Å²) in [5, 5.41) is 8.68. The maximum Gasteiger partial charge on any atom is 0.142 e. The number of rotatable bonds is 3. The average Bonchev–Trinajstić information content (AvgIpc) is 2.48. The van der Waals surface area contributed by atoms with E-state index in [4.69, 9.17) is 21.4 Å². The number of halogens is 3. The van der Waals surface area contributed by atoms with Gasteiger partial charge in [-0.05, 0) is 24.3 Å². The van der Waals surface area contributed by atoms with Gasteiger partial charge >= 0.3 is 0 Å². The lowest BCUT2D eigenvalue weighted by molar-refractivity contribution is 0.304. The molecule has 0 radical (unpaired) electrons.